The van der Waals surface area contributed by atoms with Gasteiger partial charge in [0.2, 0.25) is 0 Å². The van der Waals surface area contributed by atoms with E-state index in [1.54, 1.807) is 13.8 Å². The van der Waals surface area contributed by atoms with E-state index in [1.165, 1.54) is 69.1 Å². The molecule has 0 spiro atoms. The number of rotatable bonds is 16. The summed E-state index contributed by atoms with van der Waals surface area (Å²) >= 11 is 0. The lowest BCUT2D eigenvalue weighted by Crippen LogP contribution is -2.42. The van der Waals surface area contributed by atoms with Gasteiger partial charge in [-0.05, 0) is 55.7 Å². The van der Waals surface area contributed by atoms with Gasteiger partial charge in [0.05, 0.1) is 17.6 Å². The number of benzene rings is 2. The van der Waals surface area contributed by atoms with Crippen molar-refractivity contribution >= 4 is 5.97 Å². The Bertz CT molecular complexity index is 1210. The van der Waals surface area contributed by atoms with Crippen LogP contribution in [-0.4, -0.2) is 21.2 Å². The number of hydrogen-bond donors (Lipinski definition) is 0. The summed E-state index contributed by atoms with van der Waals surface area (Å²) in [6.07, 6.45) is 7.67. The number of nitrogens with zero attached hydrogens (tertiary/aromatic N) is 3. The van der Waals surface area contributed by atoms with Crippen molar-refractivity contribution in [3.8, 4) is 11.5 Å². The van der Waals surface area contributed by atoms with Gasteiger partial charge in [0, 0.05) is 18.9 Å². The molecule has 2 aromatic carbocycles. The van der Waals surface area contributed by atoms with Gasteiger partial charge in [-0.2, -0.15) is 18.2 Å². The summed E-state index contributed by atoms with van der Waals surface area (Å²) in [6.45, 7) is 7.34. The van der Waals surface area contributed by atoms with Crippen LogP contribution in [0.5, 0.6) is 0 Å². The number of hydroxylamine groups is 2. The van der Waals surface area contributed by atoms with Crippen LogP contribution in [0.2, 0.25) is 0 Å². The molecule has 6 nitrogen and oxygen atoms in total. The average molecular weight is 574 g/mol. The summed E-state index contributed by atoms with van der Waals surface area (Å²) < 4.78 is 44.6. The summed E-state index contributed by atoms with van der Waals surface area (Å²) in [4.78, 5) is 21.9. The van der Waals surface area contributed by atoms with Gasteiger partial charge in [-0.3, -0.25) is 4.79 Å². The minimum absolute atomic E-state index is 0.224. The minimum Gasteiger partial charge on any atom is -0.367 e. The molecule has 3 rings (SSSR count). The molecular formula is C32H42F3N3O3. The molecule has 0 aliphatic rings. The number of aromatic nitrogens is 2. The monoisotopic (exact) mass is 573 g/mol. The van der Waals surface area contributed by atoms with Crippen molar-refractivity contribution in [3.63, 3.8) is 0 Å². The van der Waals surface area contributed by atoms with Crippen molar-refractivity contribution in [2.75, 3.05) is 0 Å². The molecule has 224 valence electrons. The lowest BCUT2D eigenvalue weighted by molar-refractivity contribution is -0.222. The summed E-state index contributed by atoms with van der Waals surface area (Å²) in [5.41, 5.74) is 0.563. The number of carbonyl (C=O) groups excluding carboxylic acids is 1. The topological polar surface area (TPSA) is 68.5 Å². The molecule has 0 aliphatic carbocycles. The largest absolute Gasteiger partial charge is 0.416 e. The van der Waals surface area contributed by atoms with Crippen LogP contribution in [-0.2, 0) is 34.3 Å². The van der Waals surface area contributed by atoms with E-state index in [4.69, 9.17) is 9.36 Å². The van der Waals surface area contributed by atoms with E-state index in [0.29, 0.717) is 17.3 Å². The standard InChI is InChI=1S/C32H42F3N3O3/c1-5-6-7-8-9-10-11-12-13-14-29-36-30(40-37-29)26-17-15-25(16-18-26)23-38(41-24(2)39)31(3,4)27-19-21-28(22-20-27)32(33,34)35/h15-22H,5-14,23H2,1-4H3. The molecule has 0 N–H and O–H groups in total. The van der Waals surface area contributed by atoms with Gasteiger partial charge in [-0.15, -0.1) is 5.06 Å². The maximum absolute atomic E-state index is 13.0. The van der Waals surface area contributed by atoms with Gasteiger partial charge >= 0.3 is 12.1 Å². The highest BCUT2D eigenvalue weighted by Crippen LogP contribution is 2.34. The van der Waals surface area contributed by atoms with Crippen molar-refractivity contribution in [1.82, 2.24) is 15.2 Å². The van der Waals surface area contributed by atoms with E-state index in [2.05, 4.69) is 17.1 Å². The molecule has 0 radical (unpaired) electrons. The van der Waals surface area contributed by atoms with Gasteiger partial charge in [0.1, 0.15) is 0 Å². The second-order valence-corrected chi connectivity index (χ2v) is 11.0. The fraction of sp³-hybridized carbons (Fsp3) is 0.531. The molecule has 3 aromatic rings. The van der Waals surface area contributed by atoms with Crippen molar-refractivity contribution in [2.24, 2.45) is 0 Å². The lowest BCUT2D eigenvalue weighted by Gasteiger charge is -2.37. The predicted molar refractivity (Wildman–Crippen MR) is 152 cm³/mol. The molecular weight excluding hydrogens is 531 g/mol. The first-order valence-corrected chi connectivity index (χ1v) is 14.6. The highest BCUT2D eigenvalue weighted by molar-refractivity contribution is 5.65. The van der Waals surface area contributed by atoms with Crippen LogP contribution in [0.1, 0.15) is 108 Å². The SMILES string of the molecule is CCCCCCCCCCCc1noc(-c2ccc(CN(OC(C)=O)C(C)(C)c3ccc(C(F)(F)F)cc3)cc2)n1. The first kappa shape index (κ1) is 32.3. The smallest absolute Gasteiger partial charge is 0.367 e. The van der Waals surface area contributed by atoms with Crippen LogP contribution in [0, 0.1) is 0 Å². The zero-order chi connectivity index (χ0) is 29.9. The number of halogens is 3. The number of unbranched alkanes of at least 4 members (excludes halogenated alkanes) is 8. The zero-order valence-corrected chi connectivity index (χ0v) is 24.6. The Kier molecular flexibility index (Phi) is 11.9. The second kappa shape index (κ2) is 15.1. The highest BCUT2D eigenvalue weighted by Gasteiger charge is 2.34. The van der Waals surface area contributed by atoms with Gasteiger partial charge in [0.25, 0.3) is 5.89 Å². The second-order valence-electron chi connectivity index (χ2n) is 11.0. The summed E-state index contributed by atoms with van der Waals surface area (Å²) in [7, 11) is 0. The number of aryl methyl sites for hydroxylation is 1. The predicted octanol–water partition coefficient (Wildman–Crippen LogP) is 9.04. The third kappa shape index (κ3) is 9.99. The minimum atomic E-state index is -4.42. The van der Waals surface area contributed by atoms with E-state index >= 15 is 0 Å². The molecule has 0 fully saturated rings. The lowest BCUT2D eigenvalue weighted by atomic mass is 9.92. The molecule has 0 bridgehead atoms. The summed E-state index contributed by atoms with van der Waals surface area (Å²) in [5, 5.41) is 5.60. The Morgan fingerprint density at radius 2 is 1.41 bits per heavy atom. The Labute approximate surface area is 241 Å². The number of hydrogen-bond acceptors (Lipinski definition) is 6. The van der Waals surface area contributed by atoms with Crippen LogP contribution in [0.15, 0.2) is 53.1 Å². The van der Waals surface area contributed by atoms with Gasteiger partial charge in [-0.25, -0.2) is 0 Å². The van der Waals surface area contributed by atoms with Gasteiger partial charge in [0.15, 0.2) is 5.82 Å². The molecule has 1 aromatic heterocycles. The Balaban J connectivity index is 1.57. The summed E-state index contributed by atoms with van der Waals surface area (Å²) in [6, 6.07) is 12.4. The van der Waals surface area contributed by atoms with Crippen LogP contribution < -0.4 is 0 Å². The number of alkyl halides is 3. The van der Waals surface area contributed by atoms with E-state index in [1.807, 2.05) is 24.3 Å². The van der Waals surface area contributed by atoms with Crippen LogP contribution in [0.25, 0.3) is 11.5 Å². The first-order valence-electron chi connectivity index (χ1n) is 14.6. The first-order chi connectivity index (χ1) is 19.5. The fourth-order valence-electron chi connectivity index (χ4n) is 4.70. The van der Waals surface area contributed by atoms with Crippen molar-refractivity contribution < 1.29 is 27.3 Å². The molecule has 0 unspecified atom stereocenters. The van der Waals surface area contributed by atoms with Crippen LogP contribution in [0.4, 0.5) is 13.2 Å². The normalized spacial score (nSPS) is 12.2. The van der Waals surface area contributed by atoms with E-state index in [9.17, 15) is 18.0 Å². The third-order valence-electron chi connectivity index (χ3n) is 7.28. The molecule has 41 heavy (non-hydrogen) atoms. The molecule has 0 amide bonds. The Morgan fingerprint density at radius 1 is 0.854 bits per heavy atom. The average Bonchev–Trinajstić information content (AvgIpc) is 3.40. The number of carbonyl (C=O) groups is 1. The van der Waals surface area contributed by atoms with E-state index in [-0.39, 0.29) is 6.54 Å². The van der Waals surface area contributed by atoms with E-state index < -0.39 is 23.2 Å². The molecule has 0 saturated carbocycles. The quantitative estimate of drug-likeness (QED) is 0.126. The molecule has 0 atom stereocenters. The van der Waals surface area contributed by atoms with Crippen molar-refractivity contribution in [2.45, 2.75) is 110 Å². The molecule has 0 aliphatic heterocycles. The van der Waals surface area contributed by atoms with Gasteiger partial charge in [-0.1, -0.05) is 87.7 Å². The van der Waals surface area contributed by atoms with Crippen molar-refractivity contribution in [3.05, 3.63) is 71.0 Å². The Hall–Kier alpha value is -3.20. The fourth-order valence-corrected chi connectivity index (χ4v) is 4.70. The molecule has 9 heteroatoms. The van der Waals surface area contributed by atoms with Gasteiger partial charge < -0.3 is 9.36 Å². The van der Waals surface area contributed by atoms with Crippen molar-refractivity contribution in [1.29, 1.82) is 0 Å². The van der Waals surface area contributed by atoms with E-state index in [0.717, 1.165) is 42.5 Å². The molecule has 1 heterocycles. The highest BCUT2D eigenvalue weighted by atomic mass is 19.4. The maximum atomic E-state index is 13.0. The molecule has 0 saturated heterocycles. The maximum Gasteiger partial charge on any atom is 0.416 e. The third-order valence-corrected chi connectivity index (χ3v) is 7.28. The Morgan fingerprint density at radius 3 is 1.98 bits per heavy atom. The zero-order valence-electron chi connectivity index (χ0n) is 24.6. The van der Waals surface area contributed by atoms with Crippen LogP contribution in [0.3, 0.4) is 0 Å². The van der Waals surface area contributed by atoms with Crippen LogP contribution >= 0.6 is 0 Å². The summed E-state index contributed by atoms with van der Waals surface area (Å²) in [5.74, 6) is 0.628.